The smallest absolute Gasteiger partial charge is 0.324 e. The molecule has 0 aliphatic carbocycles. The van der Waals surface area contributed by atoms with Gasteiger partial charge in [0.15, 0.2) is 0 Å². The van der Waals surface area contributed by atoms with E-state index in [0.717, 1.165) is 0 Å². The molecule has 0 bridgehead atoms. The normalized spacial score (nSPS) is 11.9. The molecule has 0 fully saturated rings. The Morgan fingerprint density at radius 2 is 2.13 bits per heavy atom. The molecule has 0 unspecified atom stereocenters. The molecule has 0 atom stereocenters. The van der Waals surface area contributed by atoms with Crippen LogP contribution < -0.4 is 5.32 Å². The average Bonchev–Trinajstić information content (AvgIpc) is 2.16. The lowest BCUT2D eigenvalue weighted by atomic mass is 10.2. The fourth-order valence-corrected chi connectivity index (χ4v) is 0.962. The lowest BCUT2D eigenvalue weighted by Crippen LogP contribution is -2.34. The Hall–Kier alpha value is -1.33. The van der Waals surface area contributed by atoms with E-state index in [4.69, 9.17) is 0 Å². The van der Waals surface area contributed by atoms with Gasteiger partial charge >= 0.3 is 12.3 Å². The van der Waals surface area contributed by atoms with Crippen LogP contribution in [0.5, 0.6) is 0 Å². The van der Waals surface area contributed by atoms with Gasteiger partial charge in [-0.1, -0.05) is 0 Å². The number of hydrogen-bond acceptors (Lipinski definition) is 2. The highest BCUT2D eigenvalue weighted by Gasteiger charge is 2.40. The van der Waals surface area contributed by atoms with Crippen molar-refractivity contribution >= 4 is 5.69 Å². The Morgan fingerprint density at radius 3 is 2.67 bits per heavy atom. The third kappa shape index (κ3) is 3.07. The van der Waals surface area contributed by atoms with Gasteiger partial charge in [-0.15, -0.1) is 0 Å². The zero-order chi connectivity index (χ0) is 11.5. The van der Waals surface area contributed by atoms with E-state index in [1.807, 2.05) is 0 Å². The third-order valence-electron chi connectivity index (χ3n) is 1.85. The number of nitrogens with one attached hydrogen (secondary N) is 1. The second kappa shape index (κ2) is 4.46. The van der Waals surface area contributed by atoms with Gasteiger partial charge in [-0.3, -0.25) is 4.98 Å². The van der Waals surface area contributed by atoms with Gasteiger partial charge in [-0.05, 0) is 18.6 Å². The van der Waals surface area contributed by atoms with Gasteiger partial charge in [0.2, 0.25) is 0 Å². The predicted octanol–water partition coefficient (Wildman–Crippen LogP) is 2.70. The molecule has 0 aromatic carbocycles. The molecule has 6 heteroatoms. The highest BCUT2D eigenvalue weighted by molar-refractivity contribution is 5.48. The van der Waals surface area contributed by atoms with Crippen LogP contribution in [0.15, 0.2) is 18.5 Å². The summed E-state index contributed by atoms with van der Waals surface area (Å²) in [4.78, 5) is 3.75. The lowest BCUT2D eigenvalue weighted by Gasteiger charge is -2.17. The number of nitrogens with zero attached hydrogens (tertiary/aromatic N) is 1. The van der Waals surface area contributed by atoms with E-state index < -0.39 is 18.9 Å². The summed E-state index contributed by atoms with van der Waals surface area (Å²) in [5, 5.41) is 2.26. The van der Waals surface area contributed by atoms with Gasteiger partial charge < -0.3 is 5.32 Å². The number of rotatable bonds is 4. The summed E-state index contributed by atoms with van der Waals surface area (Å²) >= 11 is 0. The molecule has 0 spiro atoms. The van der Waals surface area contributed by atoms with E-state index in [9.17, 15) is 17.6 Å². The van der Waals surface area contributed by atoms with Crippen LogP contribution in [-0.2, 0) is 0 Å². The van der Waals surface area contributed by atoms with Crippen molar-refractivity contribution in [2.45, 2.75) is 19.3 Å². The van der Waals surface area contributed by atoms with Crippen LogP contribution in [-0.4, -0.2) is 23.9 Å². The fourth-order valence-electron chi connectivity index (χ4n) is 0.962. The van der Waals surface area contributed by atoms with Crippen molar-refractivity contribution in [3.8, 4) is 0 Å². The highest BCUT2D eigenvalue weighted by atomic mass is 19.3. The lowest BCUT2D eigenvalue weighted by molar-refractivity contribution is -0.117. The molecule has 0 aliphatic heterocycles. The zero-order valence-corrected chi connectivity index (χ0v) is 7.98. The van der Waals surface area contributed by atoms with Crippen molar-refractivity contribution in [2.75, 3.05) is 11.9 Å². The highest BCUT2D eigenvalue weighted by Crippen LogP contribution is 2.23. The molecule has 1 N–H and O–H groups in total. The zero-order valence-electron chi connectivity index (χ0n) is 7.98. The van der Waals surface area contributed by atoms with Crippen LogP contribution >= 0.6 is 0 Å². The number of alkyl halides is 4. The largest absolute Gasteiger partial charge is 0.378 e. The molecule has 2 nitrogen and oxygen atoms in total. The van der Waals surface area contributed by atoms with Gasteiger partial charge in [-0.2, -0.15) is 8.78 Å². The van der Waals surface area contributed by atoms with Gasteiger partial charge in [0.25, 0.3) is 0 Å². The molecule has 0 aliphatic rings. The van der Waals surface area contributed by atoms with E-state index in [2.05, 4.69) is 10.3 Å². The number of halogens is 4. The molecule has 0 amide bonds. The predicted molar refractivity (Wildman–Crippen MR) is 48.4 cm³/mol. The first kappa shape index (κ1) is 11.7. The Balaban J connectivity index is 2.62. The van der Waals surface area contributed by atoms with Gasteiger partial charge in [0.1, 0.15) is 0 Å². The van der Waals surface area contributed by atoms with Crippen LogP contribution in [0.2, 0.25) is 0 Å². The molecule has 84 valence electrons. The molecule has 0 saturated heterocycles. The summed E-state index contributed by atoms with van der Waals surface area (Å²) in [5.74, 6) is -4.02. The van der Waals surface area contributed by atoms with Crippen molar-refractivity contribution in [1.29, 1.82) is 0 Å². The quantitative estimate of drug-likeness (QED) is 0.792. The summed E-state index contributed by atoms with van der Waals surface area (Å²) < 4.78 is 48.7. The maximum Gasteiger partial charge on any atom is 0.324 e. The molecule has 1 aromatic rings. The number of anilines is 1. The van der Waals surface area contributed by atoms with Crippen LogP contribution in [0.1, 0.15) is 5.56 Å². The van der Waals surface area contributed by atoms with Crippen molar-refractivity contribution in [2.24, 2.45) is 0 Å². The molecule has 1 heterocycles. The molecular weight excluding hydrogens is 212 g/mol. The number of aryl methyl sites for hydroxylation is 1. The van der Waals surface area contributed by atoms with Crippen LogP contribution in [0.3, 0.4) is 0 Å². The van der Waals surface area contributed by atoms with Crippen molar-refractivity contribution in [3.05, 3.63) is 24.0 Å². The van der Waals surface area contributed by atoms with E-state index >= 15 is 0 Å². The summed E-state index contributed by atoms with van der Waals surface area (Å²) in [6.45, 7) is 0.561. The maximum atomic E-state index is 12.5. The number of pyridine rings is 1. The molecule has 15 heavy (non-hydrogen) atoms. The Morgan fingerprint density at radius 1 is 1.47 bits per heavy atom. The fraction of sp³-hybridized carbons (Fsp3) is 0.444. The summed E-state index contributed by atoms with van der Waals surface area (Å²) in [6, 6.07) is 1.46. The van der Waals surface area contributed by atoms with Crippen LogP contribution in [0, 0.1) is 6.92 Å². The summed E-state index contributed by atoms with van der Waals surface area (Å²) in [6.07, 6.45) is -0.800. The molecule has 0 saturated carbocycles. The van der Waals surface area contributed by atoms with Gasteiger partial charge in [0.05, 0.1) is 6.54 Å². The van der Waals surface area contributed by atoms with Crippen LogP contribution in [0.25, 0.3) is 0 Å². The topological polar surface area (TPSA) is 24.9 Å². The second-order valence-electron chi connectivity index (χ2n) is 3.11. The first-order valence-corrected chi connectivity index (χ1v) is 4.24. The monoisotopic (exact) mass is 222 g/mol. The van der Waals surface area contributed by atoms with E-state index in [1.165, 1.54) is 18.5 Å². The molecule has 1 aromatic heterocycles. The van der Waals surface area contributed by atoms with E-state index in [0.29, 0.717) is 11.3 Å². The third-order valence-corrected chi connectivity index (χ3v) is 1.85. The number of aromatic nitrogens is 1. The summed E-state index contributed by atoms with van der Waals surface area (Å²) in [7, 11) is 0. The van der Waals surface area contributed by atoms with E-state index in [-0.39, 0.29) is 0 Å². The van der Waals surface area contributed by atoms with Crippen LogP contribution in [0.4, 0.5) is 23.2 Å². The second-order valence-corrected chi connectivity index (χ2v) is 3.11. The maximum absolute atomic E-state index is 12.5. The number of hydrogen-bond donors (Lipinski definition) is 1. The first-order valence-electron chi connectivity index (χ1n) is 4.24. The molecular formula is C9H10F4N2. The minimum atomic E-state index is -4.02. The first-order chi connectivity index (χ1) is 6.93. The Kier molecular flexibility index (Phi) is 3.49. The standard InChI is InChI=1S/C9H10F4N2/c1-6-4-14-3-2-7(6)15-5-9(12,13)8(10)11/h2-4,8H,5H2,1H3,(H,14,15). The Labute approximate surface area is 84.3 Å². The van der Waals surface area contributed by atoms with Crippen molar-refractivity contribution in [3.63, 3.8) is 0 Å². The minimum absolute atomic E-state index is 0.380. The minimum Gasteiger partial charge on any atom is -0.378 e. The Bertz CT molecular complexity index is 328. The summed E-state index contributed by atoms with van der Waals surface area (Å²) in [5.41, 5.74) is 1.01. The van der Waals surface area contributed by atoms with Gasteiger partial charge in [0, 0.05) is 18.1 Å². The SMILES string of the molecule is Cc1cnccc1NCC(F)(F)C(F)F. The average molecular weight is 222 g/mol. The molecule has 1 rings (SSSR count). The molecule has 0 radical (unpaired) electrons. The van der Waals surface area contributed by atoms with E-state index in [1.54, 1.807) is 6.92 Å². The van der Waals surface area contributed by atoms with Crippen molar-refractivity contribution < 1.29 is 17.6 Å². The van der Waals surface area contributed by atoms with Gasteiger partial charge in [-0.25, -0.2) is 8.78 Å². The van der Waals surface area contributed by atoms with Crippen molar-refractivity contribution in [1.82, 2.24) is 4.98 Å².